The van der Waals surface area contributed by atoms with Crippen LogP contribution >= 0.6 is 0 Å². The second kappa shape index (κ2) is 6.29. The smallest absolute Gasteiger partial charge is 0.273 e. The van der Waals surface area contributed by atoms with Crippen LogP contribution < -0.4 is 5.32 Å². The van der Waals surface area contributed by atoms with E-state index < -0.39 is 0 Å². The maximum absolute atomic E-state index is 12.6. The fraction of sp³-hybridized carbons (Fsp3) is 0.250. The molecule has 6 nitrogen and oxygen atoms in total. The minimum atomic E-state index is -0.310. The fourth-order valence-corrected chi connectivity index (χ4v) is 2.88. The van der Waals surface area contributed by atoms with Crippen LogP contribution in [0.15, 0.2) is 36.5 Å². The van der Waals surface area contributed by atoms with E-state index in [4.69, 9.17) is 0 Å². The number of carbonyl (C=O) groups is 2. The van der Waals surface area contributed by atoms with Crippen molar-refractivity contribution in [3.8, 4) is 0 Å². The zero-order chi connectivity index (χ0) is 18.3. The average Bonchev–Trinajstić information content (AvgIpc) is 3.17. The quantitative estimate of drug-likeness (QED) is 0.614. The minimum Gasteiger partial charge on any atom is -0.356 e. The third kappa shape index (κ3) is 3.18. The lowest BCUT2D eigenvalue weighted by Crippen LogP contribution is -2.12. The SMILES string of the molecule is Cc1ccc(C(=O)c2c[nH]c(C(=O)Nc3cc(C4CC4)n[nH]3)c2)cc1C. The summed E-state index contributed by atoms with van der Waals surface area (Å²) >= 11 is 0. The molecular weight excluding hydrogens is 328 g/mol. The van der Waals surface area contributed by atoms with E-state index in [0.29, 0.717) is 28.6 Å². The first-order valence-corrected chi connectivity index (χ1v) is 8.68. The Bertz CT molecular complexity index is 995. The molecule has 6 heteroatoms. The van der Waals surface area contributed by atoms with Crippen molar-refractivity contribution in [3.05, 3.63) is 70.2 Å². The van der Waals surface area contributed by atoms with Gasteiger partial charge in [-0.05, 0) is 49.9 Å². The molecule has 3 aromatic rings. The van der Waals surface area contributed by atoms with Crippen LogP contribution in [0.5, 0.6) is 0 Å². The molecule has 1 saturated carbocycles. The number of rotatable bonds is 5. The van der Waals surface area contributed by atoms with E-state index >= 15 is 0 Å². The summed E-state index contributed by atoms with van der Waals surface area (Å²) in [6, 6.07) is 9.04. The topological polar surface area (TPSA) is 90.6 Å². The molecule has 3 N–H and O–H groups in total. The molecule has 0 bridgehead atoms. The number of anilines is 1. The molecule has 1 aliphatic carbocycles. The summed E-state index contributed by atoms with van der Waals surface area (Å²) in [5.41, 5.74) is 4.59. The van der Waals surface area contributed by atoms with Crippen molar-refractivity contribution in [3.63, 3.8) is 0 Å². The average molecular weight is 348 g/mol. The lowest BCUT2D eigenvalue weighted by Gasteiger charge is -2.03. The van der Waals surface area contributed by atoms with Crippen LogP contribution in [-0.4, -0.2) is 26.9 Å². The summed E-state index contributed by atoms with van der Waals surface area (Å²) in [6.45, 7) is 3.98. The van der Waals surface area contributed by atoms with Crippen LogP contribution in [0.4, 0.5) is 5.82 Å². The number of hydrogen-bond acceptors (Lipinski definition) is 3. The number of hydrogen-bond donors (Lipinski definition) is 3. The van der Waals surface area contributed by atoms with E-state index in [9.17, 15) is 9.59 Å². The third-order valence-corrected chi connectivity index (χ3v) is 4.80. The lowest BCUT2D eigenvalue weighted by atomic mass is 10.0. The van der Waals surface area contributed by atoms with Crippen molar-refractivity contribution in [1.82, 2.24) is 15.2 Å². The molecule has 0 unspecified atom stereocenters. The van der Waals surface area contributed by atoms with Gasteiger partial charge >= 0.3 is 0 Å². The van der Waals surface area contributed by atoms with Gasteiger partial charge in [-0.1, -0.05) is 12.1 Å². The number of ketones is 1. The first-order chi connectivity index (χ1) is 12.5. The van der Waals surface area contributed by atoms with E-state index in [1.807, 2.05) is 32.0 Å². The molecule has 0 atom stereocenters. The van der Waals surface area contributed by atoms with E-state index in [1.54, 1.807) is 18.3 Å². The van der Waals surface area contributed by atoms with Crippen molar-refractivity contribution in [2.24, 2.45) is 0 Å². The zero-order valence-corrected chi connectivity index (χ0v) is 14.7. The van der Waals surface area contributed by atoms with Crippen molar-refractivity contribution < 1.29 is 9.59 Å². The summed E-state index contributed by atoms with van der Waals surface area (Å²) in [5, 5.41) is 9.81. The van der Waals surface area contributed by atoms with Gasteiger partial charge in [-0.15, -0.1) is 0 Å². The van der Waals surface area contributed by atoms with Gasteiger partial charge in [0.15, 0.2) is 5.78 Å². The molecule has 1 aliphatic rings. The Morgan fingerprint density at radius 3 is 2.62 bits per heavy atom. The number of nitrogens with one attached hydrogen (secondary N) is 3. The summed E-state index contributed by atoms with van der Waals surface area (Å²) < 4.78 is 0. The molecule has 1 fully saturated rings. The maximum atomic E-state index is 12.6. The Morgan fingerprint density at radius 2 is 1.88 bits per heavy atom. The third-order valence-electron chi connectivity index (χ3n) is 4.80. The number of amides is 1. The number of carbonyl (C=O) groups excluding carboxylic acids is 2. The number of nitrogens with zero attached hydrogens (tertiary/aromatic N) is 1. The Hall–Kier alpha value is -3.15. The molecule has 4 rings (SSSR count). The summed E-state index contributed by atoms with van der Waals surface area (Å²) in [4.78, 5) is 27.9. The molecule has 2 aromatic heterocycles. The van der Waals surface area contributed by atoms with Gasteiger partial charge < -0.3 is 10.3 Å². The van der Waals surface area contributed by atoms with E-state index in [-0.39, 0.29) is 11.7 Å². The molecule has 132 valence electrons. The minimum absolute atomic E-state index is 0.110. The molecule has 0 spiro atoms. The van der Waals surface area contributed by atoms with Gasteiger partial charge in [-0.3, -0.25) is 14.7 Å². The monoisotopic (exact) mass is 348 g/mol. The summed E-state index contributed by atoms with van der Waals surface area (Å²) in [5.74, 6) is 0.661. The Balaban J connectivity index is 1.48. The largest absolute Gasteiger partial charge is 0.356 e. The second-order valence-electron chi connectivity index (χ2n) is 6.87. The molecule has 2 heterocycles. The summed E-state index contributed by atoms with van der Waals surface area (Å²) in [7, 11) is 0. The van der Waals surface area contributed by atoms with Crippen LogP contribution in [0.25, 0.3) is 0 Å². The highest BCUT2D eigenvalue weighted by molar-refractivity contribution is 6.11. The van der Waals surface area contributed by atoms with Gasteiger partial charge in [0.25, 0.3) is 5.91 Å². The first kappa shape index (κ1) is 16.3. The van der Waals surface area contributed by atoms with Gasteiger partial charge in [-0.2, -0.15) is 5.10 Å². The fourth-order valence-electron chi connectivity index (χ4n) is 2.88. The van der Waals surface area contributed by atoms with Gasteiger partial charge in [0.05, 0.1) is 5.69 Å². The molecule has 1 aromatic carbocycles. The second-order valence-corrected chi connectivity index (χ2v) is 6.87. The van der Waals surface area contributed by atoms with Gasteiger partial charge in [-0.25, -0.2) is 0 Å². The molecule has 0 radical (unpaired) electrons. The normalized spacial score (nSPS) is 13.6. The lowest BCUT2D eigenvalue weighted by molar-refractivity contribution is 0.102. The van der Waals surface area contributed by atoms with Crippen molar-refractivity contribution >= 4 is 17.5 Å². The highest BCUT2D eigenvalue weighted by atomic mass is 16.2. The highest BCUT2D eigenvalue weighted by Gasteiger charge is 2.26. The van der Waals surface area contributed by atoms with E-state index in [1.165, 1.54) is 0 Å². The predicted octanol–water partition coefficient (Wildman–Crippen LogP) is 3.72. The van der Waals surface area contributed by atoms with Crippen LogP contribution in [-0.2, 0) is 0 Å². The number of aromatic nitrogens is 3. The Labute approximate surface area is 151 Å². The van der Waals surface area contributed by atoms with Crippen molar-refractivity contribution in [1.29, 1.82) is 0 Å². The van der Waals surface area contributed by atoms with Gasteiger partial charge in [0.2, 0.25) is 0 Å². The molecule has 1 amide bonds. The molecule has 0 aliphatic heterocycles. The van der Waals surface area contributed by atoms with E-state index in [2.05, 4.69) is 20.5 Å². The number of benzene rings is 1. The van der Waals surface area contributed by atoms with Crippen LogP contribution in [0, 0.1) is 13.8 Å². The molecule has 26 heavy (non-hydrogen) atoms. The van der Waals surface area contributed by atoms with Crippen molar-refractivity contribution in [2.75, 3.05) is 5.32 Å². The molecular formula is C20H20N4O2. The summed E-state index contributed by atoms with van der Waals surface area (Å²) in [6.07, 6.45) is 3.87. The highest BCUT2D eigenvalue weighted by Crippen LogP contribution is 2.39. The van der Waals surface area contributed by atoms with Gasteiger partial charge in [0, 0.05) is 29.3 Å². The Morgan fingerprint density at radius 1 is 1.08 bits per heavy atom. The van der Waals surface area contributed by atoms with Gasteiger partial charge in [0.1, 0.15) is 11.5 Å². The van der Waals surface area contributed by atoms with Crippen molar-refractivity contribution in [2.45, 2.75) is 32.6 Å². The van der Waals surface area contributed by atoms with Crippen LogP contribution in [0.1, 0.15) is 62.0 Å². The zero-order valence-electron chi connectivity index (χ0n) is 14.7. The van der Waals surface area contributed by atoms with Crippen LogP contribution in [0.2, 0.25) is 0 Å². The Kier molecular flexibility index (Phi) is 3.95. The number of aryl methyl sites for hydroxylation is 2. The molecule has 0 saturated heterocycles. The van der Waals surface area contributed by atoms with E-state index in [0.717, 1.165) is 29.7 Å². The predicted molar refractivity (Wildman–Crippen MR) is 98.7 cm³/mol. The number of H-pyrrole nitrogens is 2. The standard InChI is InChI=1S/C20H20N4O2/c1-11-3-4-14(7-12(11)2)19(25)15-8-17(21-10-15)20(26)22-18-9-16(23-24-18)13-5-6-13/h3-4,7-10,13,21H,5-6H2,1-2H3,(H2,22,23,24,26). The maximum Gasteiger partial charge on any atom is 0.273 e. The van der Waals surface area contributed by atoms with Crippen LogP contribution in [0.3, 0.4) is 0 Å². The number of aromatic amines is 2. The first-order valence-electron chi connectivity index (χ1n) is 8.68.